The van der Waals surface area contributed by atoms with Crippen LogP contribution in [0.2, 0.25) is 0 Å². The third-order valence-electron chi connectivity index (χ3n) is 5.17. The summed E-state index contributed by atoms with van der Waals surface area (Å²) in [6.07, 6.45) is -0.0224. The number of rotatable bonds is 6. The van der Waals surface area contributed by atoms with Gasteiger partial charge in [0.2, 0.25) is 5.91 Å². The van der Waals surface area contributed by atoms with Gasteiger partial charge in [0, 0.05) is 22.9 Å². The third kappa shape index (κ3) is 3.83. The number of carbonyl (C=O) groups excluding carboxylic acids is 3. The summed E-state index contributed by atoms with van der Waals surface area (Å²) in [5.74, 6) is -3.19. The second-order valence-corrected chi connectivity index (χ2v) is 7.23. The Labute approximate surface area is 176 Å². The topological polar surface area (TPSA) is 124 Å². The maximum Gasteiger partial charge on any atom is 0.326 e. The number of phenolic OH excluding ortho intramolecular Hbond substituents is 1. The number of hydrogen-bond donors (Lipinski definition) is 3. The Bertz CT molecular complexity index is 1170. The summed E-state index contributed by atoms with van der Waals surface area (Å²) in [6, 6.07) is 14.8. The first kappa shape index (κ1) is 20.1. The average molecular weight is 418 g/mol. The summed E-state index contributed by atoms with van der Waals surface area (Å²) < 4.78 is 0. The van der Waals surface area contributed by atoms with Crippen molar-refractivity contribution in [2.75, 3.05) is 6.54 Å². The van der Waals surface area contributed by atoms with Gasteiger partial charge in [-0.2, -0.15) is 0 Å². The Hall–Kier alpha value is -4.20. The smallest absolute Gasteiger partial charge is 0.326 e. The molecule has 0 spiro atoms. The van der Waals surface area contributed by atoms with E-state index in [0.29, 0.717) is 22.1 Å². The molecule has 0 aliphatic carbocycles. The molecule has 0 fully saturated rings. The van der Waals surface area contributed by atoms with Crippen LogP contribution >= 0.6 is 0 Å². The molecule has 8 heteroatoms. The fourth-order valence-corrected chi connectivity index (χ4v) is 3.68. The minimum Gasteiger partial charge on any atom is -0.508 e. The molecule has 3 N–H and O–H groups in total. The zero-order valence-electron chi connectivity index (χ0n) is 16.2. The van der Waals surface area contributed by atoms with E-state index in [9.17, 15) is 29.4 Å². The molecule has 1 aliphatic rings. The first-order chi connectivity index (χ1) is 14.8. The van der Waals surface area contributed by atoms with Crippen molar-refractivity contribution < 1.29 is 29.4 Å². The van der Waals surface area contributed by atoms with Gasteiger partial charge in [-0.05, 0) is 35.2 Å². The van der Waals surface area contributed by atoms with Gasteiger partial charge in [-0.3, -0.25) is 19.3 Å². The molecule has 1 heterocycles. The molecule has 0 bridgehead atoms. The number of phenols is 1. The second-order valence-electron chi connectivity index (χ2n) is 7.23. The van der Waals surface area contributed by atoms with Gasteiger partial charge in [-0.25, -0.2) is 4.79 Å². The SMILES string of the molecule is O=C(CN1C(=O)c2cccc3cccc(c23)C1=O)NC(Cc1ccc(O)cc1)C(=O)O. The Kier molecular flexibility index (Phi) is 5.12. The minimum atomic E-state index is -1.26. The molecule has 0 radical (unpaired) electrons. The predicted octanol–water partition coefficient (Wildman–Crippen LogP) is 1.95. The van der Waals surface area contributed by atoms with E-state index in [1.54, 1.807) is 48.5 Å². The number of aromatic hydroxyl groups is 1. The highest BCUT2D eigenvalue weighted by molar-refractivity contribution is 6.26. The van der Waals surface area contributed by atoms with E-state index in [-0.39, 0.29) is 12.2 Å². The monoisotopic (exact) mass is 418 g/mol. The summed E-state index contributed by atoms with van der Waals surface area (Å²) in [5.41, 5.74) is 1.23. The molecular weight excluding hydrogens is 400 g/mol. The molecule has 3 aromatic carbocycles. The van der Waals surface area contributed by atoms with Crippen molar-refractivity contribution in [3.8, 4) is 5.75 Å². The molecule has 1 unspecified atom stereocenters. The lowest BCUT2D eigenvalue weighted by Crippen LogP contribution is -2.50. The molecule has 31 heavy (non-hydrogen) atoms. The lowest BCUT2D eigenvalue weighted by atomic mass is 9.94. The summed E-state index contributed by atoms with van der Waals surface area (Å²) in [5, 5.41) is 22.5. The molecule has 3 amide bonds. The molecule has 0 saturated carbocycles. The molecule has 1 atom stereocenters. The van der Waals surface area contributed by atoms with Gasteiger partial charge >= 0.3 is 5.97 Å². The summed E-state index contributed by atoms with van der Waals surface area (Å²) >= 11 is 0. The first-order valence-corrected chi connectivity index (χ1v) is 9.53. The number of carbonyl (C=O) groups is 4. The van der Waals surface area contributed by atoms with Crippen LogP contribution in [0.4, 0.5) is 0 Å². The van der Waals surface area contributed by atoms with Crippen LogP contribution in [0.5, 0.6) is 5.75 Å². The first-order valence-electron chi connectivity index (χ1n) is 9.53. The maximum absolute atomic E-state index is 12.9. The van der Waals surface area contributed by atoms with Gasteiger partial charge in [0.15, 0.2) is 0 Å². The Morgan fingerprint density at radius 3 is 2.03 bits per heavy atom. The predicted molar refractivity (Wildman–Crippen MR) is 111 cm³/mol. The van der Waals surface area contributed by atoms with Crippen molar-refractivity contribution in [2.24, 2.45) is 0 Å². The Balaban J connectivity index is 1.52. The van der Waals surface area contributed by atoms with Gasteiger partial charge in [0.25, 0.3) is 11.8 Å². The van der Waals surface area contributed by atoms with Crippen LogP contribution in [-0.4, -0.2) is 51.4 Å². The number of carboxylic acid groups (broad SMARTS) is 1. The molecular formula is C23H18N2O6. The molecule has 156 valence electrons. The van der Waals surface area contributed by atoms with E-state index < -0.39 is 36.3 Å². The fraction of sp³-hybridized carbons (Fsp3) is 0.130. The van der Waals surface area contributed by atoms with Crippen LogP contribution in [-0.2, 0) is 16.0 Å². The average Bonchev–Trinajstić information content (AvgIpc) is 2.75. The number of amides is 3. The number of hydrogen-bond acceptors (Lipinski definition) is 5. The summed E-state index contributed by atoms with van der Waals surface area (Å²) in [4.78, 5) is 50.7. The summed E-state index contributed by atoms with van der Waals surface area (Å²) in [6.45, 7) is -0.595. The van der Waals surface area contributed by atoms with Crippen molar-refractivity contribution in [2.45, 2.75) is 12.5 Å². The standard InChI is InChI=1S/C23H18N2O6/c26-15-9-7-13(8-10-15)11-18(23(30)31)24-19(27)12-25-21(28)16-5-1-3-14-4-2-6-17(20(14)16)22(25)29/h1-10,18,26H,11-12H2,(H,24,27)(H,30,31). The largest absolute Gasteiger partial charge is 0.508 e. The molecule has 0 aromatic heterocycles. The van der Waals surface area contributed by atoms with Crippen molar-refractivity contribution in [3.05, 3.63) is 77.4 Å². The van der Waals surface area contributed by atoms with Crippen molar-refractivity contribution in [1.29, 1.82) is 0 Å². The van der Waals surface area contributed by atoms with Crippen LogP contribution in [0.3, 0.4) is 0 Å². The number of benzene rings is 3. The van der Waals surface area contributed by atoms with E-state index in [2.05, 4.69) is 5.32 Å². The van der Waals surface area contributed by atoms with Crippen LogP contribution in [0.15, 0.2) is 60.7 Å². The van der Waals surface area contributed by atoms with Gasteiger partial charge in [0.05, 0.1) is 0 Å². The molecule has 3 aromatic rings. The van der Waals surface area contributed by atoms with E-state index in [1.165, 1.54) is 12.1 Å². The van der Waals surface area contributed by atoms with Crippen LogP contribution < -0.4 is 5.32 Å². The van der Waals surface area contributed by atoms with E-state index >= 15 is 0 Å². The fourth-order valence-electron chi connectivity index (χ4n) is 3.68. The lowest BCUT2D eigenvalue weighted by Gasteiger charge is -2.27. The second kappa shape index (κ2) is 7.91. The van der Waals surface area contributed by atoms with Gasteiger partial charge in [0.1, 0.15) is 18.3 Å². The van der Waals surface area contributed by atoms with Crippen molar-refractivity contribution >= 4 is 34.5 Å². The third-order valence-corrected chi connectivity index (χ3v) is 5.17. The van der Waals surface area contributed by atoms with E-state index in [4.69, 9.17) is 0 Å². The van der Waals surface area contributed by atoms with Crippen LogP contribution in [0, 0.1) is 0 Å². The van der Waals surface area contributed by atoms with Gasteiger partial charge < -0.3 is 15.5 Å². The molecule has 0 saturated heterocycles. The quantitative estimate of drug-likeness (QED) is 0.526. The van der Waals surface area contributed by atoms with Gasteiger partial charge in [-0.15, -0.1) is 0 Å². The highest BCUT2D eigenvalue weighted by Crippen LogP contribution is 2.29. The van der Waals surface area contributed by atoms with E-state index in [1.807, 2.05) is 0 Å². The molecule has 1 aliphatic heterocycles. The highest BCUT2D eigenvalue weighted by Gasteiger charge is 2.34. The van der Waals surface area contributed by atoms with Crippen LogP contribution in [0.1, 0.15) is 26.3 Å². The number of nitrogens with one attached hydrogen (secondary N) is 1. The normalized spacial score (nSPS) is 13.9. The Morgan fingerprint density at radius 2 is 1.48 bits per heavy atom. The lowest BCUT2D eigenvalue weighted by molar-refractivity contribution is -0.141. The number of nitrogens with zero attached hydrogens (tertiary/aromatic N) is 1. The number of carboxylic acids is 1. The molecule has 4 rings (SSSR count). The highest BCUT2D eigenvalue weighted by atomic mass is 16.4. The zero-order valence-corrected chi connectivity index (χ0v) is 16.2. The Morgan fingerprint density at radius 1 is 0.903 bits per heavy atom. The zero-order chi connectivity index (χ0) is 22.1. The molecule has 8 nitrogen and oxygen atoms in total. The van der Waals surface area contributed by atoms with Crippen molar-refractivity contribution in [1.82, 2.24) is 10.2 Å². The number of aliphatic carboxylic acids is 1. The minimum absolute atomic E-state index is 0.0224. The maximum atomic E-state index is 12.9. The summed E-state index contributed by atoms with van der Waals surface area (Å²) in [7, 11) is 0. The number of imide groups is 1. The van der Waals surface area contributed by atoms with Crippen molar-refractivity contribution in [3.63, 3.8) is 0 Å². The van der Waals surface area contributed by atoms with Crippen LogP contribution in [0.25, 0.3) is 10.8 Å². The van der Waals surface area contributed by atoms with Gasteiger partial charge in [-0.1, -0.05) is 36.4 Å². The van der Waals surface area contributed by atoms with E-state index in [0.717, 1.165) is 10.3 Å².